The number of carbonyl (C=O) groups is 1. The highest BCUT2D eigenvalue weighted by Gasteiger charge is 2.29. The summed E-state index contributed by atoms with van der Waals surface area (Å²) in [6.07, 6.45) is 1.08. The summed E-state index contributed by atoms with van der Waals surface area (Å²) in [5.41, 5.74) is 2.87. The number of carbonyl (C=O) groups excluding carboxylic acids is 1. The van der Waals surface area contributed by atoms with Gasteiger partial charge < -0.3 is 9.73 Å². The second kappa shape index (κ2) is 8.02. The molecule has 0 unspecified atom stereocenters. The van der Waals surface area contributed by atoms with Crippen molar-refractivity contribution in [2.45, 2.75) is 44.1 Å². The minimum absolute atomic E-state index is 0.0262. The molecule has 2 aromatic rings. The SMILES string of the molecule is Cc1ccc(C)c(NC(=O)[C@@H](C)Sc2nnc(C[C@@H]3CCS(=O)(=O)C3)o2)c1. The molecule has 1 aliphatic heterocycles. The molecule has 0 spiro atoms. The van der Waals surface area contributed by atoms with Crippen LogP contribution in [0.15, 0.2) is 27.8 Å². The van der Waals surface area contributed by atoms with Gasteiger partial charge in [0.2, 0.25) is 11.8 Å². The topological polar surface area (TPSA) is 102 Å². The Hall–Kier alpha value is -1.87. The molecule has 2 heterocycles. The highest BCUT2D eigenvalue weighted by Crippen LogP contribution is 2.27. The van der Waals surface area contributed by atoms with E-state index in [0.29, 0.717) is 24.0 Å². The van der Waals surface area contributed by atoms with Crippen LogP contribution >= 0.6 is 11.8 Å². The Labute approximate surface area is 163 Å². The van der Waals surface area contributed by atoms with E-state index in [1.165, 1.54) is 11.8 Å². The van der Waals surface area contributed by atoms with Crippen LogP contribution in [0.5, 0.6) is 0 Å². The van der Waals surface area contributed by atoms with Crippen molar-refractivity contribution in [2.24, 2.45) is 5.92 Å². The summed E-state index contributed by atoms with van der Waals surface area (Å²) in [5, 5.41) is 10.8. The Morgan fingerprint density at radius 2 is 2.15 bits per heavy atom. The molecule has 0 bridgehead atoms. The molecule has 1 aromatic heterocycles. The molecule has 0 aliphatic carbocycles. The van der Waals surface area contributed by atoms with Gasteiger partial charge in [-0.3, -0.25) is 4.79 Å². The Balaban J connectivity index is 1.56. The lowest BCUT2D eigenvalue weighted by Gasteiger charge is -2.12. The third-order valence-corrected chi connectivity index (χ3v) is 7.31. The first kappa shape index (κ1) is 19.9. The Morgan fingerprint density at radius 1 is 1.37 bits per heavy atom. The van der Waals surface area contributed by atoms with Crippen LogP contribution < -0.4 is 5.32 Å². The third-order valence-electron chi connectivity index (χ3n) is 4.54. The third kappa shape index (κ3) is 5.32. The summed E-state index contributed by atoms with van der Waals surface area (Å²) in [5.74, 6) is 0.700. The number of sulfone groups is 1. The van der Waals surface area contributed by atoms with Gasteiger partial charge >= 0.3 is 0 Å². The normalized spacial score (nSPS) is 19.7. The van der Waals surface area contributed by atoms with Crippen molar-refractivity contribution >= 4 is 33.2 Å². The average molecular weight is 410 g/mol. The van der Waals surface area contributed by atoms with Crippen LogP contribution in [0, 0.1) is 19.8 Å². The van der Waals surface area contributed by atoms with Crippen LogP contribution in [0.3, 0.4) is 0 Å². The van der Waals surface area contributed by atoms with Crippen molar-refractivity contribution in [2.75, 3.05) is 16.8 Å². The van der Waals surface area contributed by atoms with E-state index in [4.69, 9.17) is 4.42 Å². The summed E-state index contributed by atoms with van der Waals surface area (Å²) < 4.78 is 28.7. The van der Waals surface area contributed by atoms with E-state index in [1.807, 2.05) is 32.0 Å². The quantitative estimate of drug-likeness (QED) is 0.732. The number of thioether (sulfide) groups is 1. The van der Waals surface area contributed by atoms with Crippen LogP contribution in [-0.4, -0.2) is 41.3 Å². The van der Waals surface area contributed by atoms with Gasteiger partial charge in [0.15, 0.2) is 9.84 Å². The van der Waals surface area contributed by atoms with Crippen molar-refractivity contribution in [1.82, 2.24) is 10.2 Å². The van der Waals surface area contributed by atoms with Gasteiger partial charge in [-0.25, -0.2) is 8.42 Å². The second-order valence-corrected chi connectivity index (χ2v) is 10.5. The molecule has 7 nitrogen and oxygen atoms in total. The zero-order valence-electron chi connectivity index (χ0n) is 15.6. The van der Waals surface area contributed by atoms with Crippen LogP contribution in [0.25, 0.3) is 0 Å². The standard InChI is InChI=1S/C18H23N3O4S2/c1-11-4-5-12(2)15(8-11)19-17(22)13(3)26-18-21-20-16(25-18)9-14-6-7-27(23,24)10-14/h4-5,8,13-14H,6-7,9-10H2,1-3H3,(H,19,22)/t13-,14+/m1/s1. The first-order valence-electron chi connectivity index (χ1n) is 8.79. The van der Waals surface area contributed by atoms with E-state index >= 15 is 0 Å². The monoisotopic (exact) mass is 409 g/mol. The van der Waals surface area contributed by atoms with Crippen LogP contribution in [0.4, 0.5) is 5.69 Å². The van der Waals surface area contributed by atoms with Gasteiger partial charge in [-0.05, 0) is 50.3 Å². The van der Waals surface area contributed by atoms with Gasteiger partial charge in [0, 0.05) is 12.1 Å². The number of hydrogen-bond donors (Lipinski definition) is 1. The number of anilines is 1. The molecule has 1 fully saturated rings. The van der Waals surface area contributed by atoms with E-state index in [-0.39, 0.29) is 23.3 Å². The van der Waals surface area contributed by atoms with Crippen molar-refractivity contribution in [3.63, 3.8) is 0 Å². The zero-order valence-corrected chi connectivity index (χ0v) is 17.2. The highest BCUT2D eigenvalue weighted by molar-refractivity contribution is 8.00. The van der Waals surface area contributed by atoms with Gasteiger partial charge in [0.25, 0.3) is 5.22 Å². The van der Waals surface area contributed by atoms with E-state index in [2.05, 4.69) is 15.5 Å². The molecule has 1 N–H and O–H groups in total. The van der Waals surface area contributed by atoms with Crippen molar-refractivity contribution in [1.29, 1.82) is 0 Å². The van der Waals surface area contributed by atoms with Crippen LogP contribution in [0.1, 0.15) is 30.4 Å². The predicted octanol–water partition coefficient (Wildman–Crippen LogP) is 2.78. The lowest BCUT2D eigenvalue weighted by molar-refractivity contribution is -0.115. The fourth-order valence-corrected chi connectivity index (χ4v) is 5.52. The van der Waals surface area contributed by atoms with E-state index < -0.39 is 15.1 Å². The van der Waals surface area contributed by atoms with Gasteiger partial charge in [-0.15, -0.1) is 10.2 Å². The molecular formula is C18H23N3O4S2. The Bertz CT molecular complexity index is 940. The largest absolute Gasteiger partial charge is 0.416 e. The number of nitrogens with zero attached hydrogens (tertiary/aromatic N) is 2. The molecule has 2 atom stereocenters. The number of rotatable bonds is 6. The van der Waals surface area contributed by atoms with E-state index in [1.54, 1.807) is 6.92 Å². The smallest absolute Gasteiger partial charge is 0.277 e. The minimum atomic E-state index is -2.92. The molecule has 3 rings (SSSR count). The van der Waals surface area contributed by atoms with Crippen LogP contribution in [0.2, 0.25) is 0 Å². The number of aryl methyl sites for hydroxylation is 2. The summed E-state index contributed by atoms with van der Waals surface area (Å²) in [6.45, 7) is 5.70. The molecule has 1 aliphatic rings. The summed E-state index contributed by atoms with van der Waals surface area (Å²) >= 11 is 1.19. The Kier molecular flexibility index (Phi) is 5.90. The van der Waals surface area contributed by atoms with Gasteiger partial charge in [-0.2, -0.15) is 0 Å². The first-order chi connectivity index (χ1) is 12.7. The molecule has 9 heteroatoms. The first-order valence-corrected chi connectivity index (χ1v) is 11.5. The lowest BCUT2D eigenvalue weighted by atomic mass is 10.1. The molecule has 27 heavy (non-hydrogen) atoms. The number of nitrogens with one attached hydrogen (secondary N) is 1. The lowest BCUT2D eigenvalue weighted by Crippen LogP contribution is -2.22. The number of aromatic nitrogens is 2. The summed E-state index contributed by atoms with van der Waals surface area (Å²) in [7, 11) is -2.92. The van der Waals surface area contributed by atoms with E-state index in [9.17, 15) is 13.2 Å². The fourth-order valence-electron chi connectivity index (χ4n) is 2.96. The molecular weight excluding hydrogens is 386 g/mol. The fraction of sp³-hybridized carbons (Fsp3) is 0.500. The van der Waals surface area contributed by atoms with Gasteiger partial charge in [-0.1, -0.05) is 23.9 Å². The predicted molar refractivity (Wildman–Crippen MR) is 105 cm³/mol. The molecule has 1 saturated heterocycles. The number of amides is 1. The molecule has 0 saturated carbocycles. The maximum atomic E-state index is 12.4. The van der Waals surface area contributed by atoms with Gasteiger partial charge in [0.1, 0.15) is 0 Å². The van der Waals surface area contributed by atoms with Gasteiger partial charge in [0.05, 0.1) is 16.8 Å². The van der Waals surface area contributed by atoms with E-state index in [0.717, 1.165) is 16.8 Å². The zero-order chi connectivity index (χ0) is 19.6. The summed E-state index contributed by atoms with van der Waals surface area (Å²) in [6, 6.07) is 5.90. The summed E-state index contributed by atoms with van der Waals surface area (Å²) in [4.78, 5) is 12.4. The molecule has 146 valence electrons. The average Bonchev–Trinajstić information content (AvgIpc) is 3.17. The second-order valence-electron chi connectivity index (χ2n) is 7.00. The maximum Gasteiger partial charge on any atom is 0.277 e. The molecule has 0 radical (unpaired) electrons. The van der Waals surface area contributed by atoms with Crippen molar-refractivity contribution in [3.8, 4) is 0 Å². The number of hydrogen-bond acceptors (Lipinski definition) is 7. The van der Waals surface area contributed by atoms with Crippen molar-refractivity contribution < 1.29 is 17.6 Å². The van der Waals surface area contributed by atoms with Crippen molar-refractivity contribution in [3.05, 3.63) is 35.2 Å². The number of benzene rings is 1. The van der Waals surface area contributed by atoms with Crippen LogP contribution in [-0.2, 0) is 21.1 Å². The highest BCUT2D eigenvalue weighted by atomic mass is 32.2. The molecule has 1 aromatic carbocycles. The maximum absolute atomic E-state index is 12.4. The minimum Gasteiger partial charge on any atom is -0.416 e. The Morgan fingerprint density at radius 3 is 2.85 bits per heavy atom. The molecule has 1 amide bonds.